The van der Waals surface area contributed by atoms with Crippen molar-refractivity contribution in [1.29, 1.82) is 0 Å². The smallest absolute Gasteiger partial charge is 0.234 e. The Kier molecular flexibility index (Phi) is 8.56. The van der Waals surface area contributed by atoms with E-state index in [2.05, 4.69) is 43.0 Å². The van der Waals surface area contributed by atoms with E-state index in [4.69, 9.17) is 4.74 Å². The lowest BCUT2D eigenvalue weighted by molar-refractivity contribution is -0.144. The first-order chi connectivity index (χ1) is 20.7. The molecular weight excluding hydrogens is 543 g/mol. The summed E-state index contributed by atoms with van der Waals surface area (Å²) in [5, 5.41) is 9.49. The van der Waals surface area contributed by atoms with E-state index in [1.54, 1.807) is 11.0 Å². The number of carbonyl (C=O) groups excluding carboxylic acids is 2. The van der Waals surface area contributed by atoms with Gasteiger partial charge >= 0.3 is 0 Å². The van der Waals surface area contributed by atoms with Crippen molar-refractivity contribution in [3.8, 4) is 5.75 Å². The zero-order valence-electron chi connectivity index (χ0n) is 25.5. The summed E-state index contributed by atoms with van der Waals surface area (Å²) < 4.78 is 20.2. The first-order valence-corrected chi connectivity index (χ1v) is 15.8. The summed E-state index contributed by atoms with van der Waals surface area (Å²) in [5.41, 5.74) is 5.63. The topological polar surface area (TPSA) is 70.1 Å². The summed E-state index contributed by atoms with van der Waals surface area (Å²) in [5.74, 6) is -1.32. The molecule has 2 aromatic carbocycles. The van der Waals surface area contributed by atoms with Crippen molar-refractivity contribution in [3.63, 3.8) is 0 Å². The van der Waals surface area contributed by atoms with Crippen LogP contribution in [0, 0.1) is 29.5 Å². The minimum absolute atomic E-state index is 0.0106. The van der Waals surface area contributed by atoms with E-state index in [0.717, 1.165) is 50.9 Å². The molecule has 7 heteroatoms. The van der Waals surface area contributed by atoms with Gasteiger partial charge in [0.15, 0.2) is 11.6 Å². The van der Waals surface area contributed by atoms with Crippen molar-refractivity contribution in [1.82, 2.24) is 9.80 Å². The molecule has 4 aliphatic rings. The molecular formula is C36H43FN2O4. The molecule has 3 heterocycles. The molecule has 3 fully saturated rings. The van der Waals surface area contributed by atoms with Crippen molar-refractivity contribution < 1.29 is 23.8 Å². The predicted octanol–water partition coefficient (Wildman–Crippen LogP) is 6.35. The van der Waals surface area contributed by atoms with Crippen LogP contribution in [0.4, 0.5) is 4.39 Å². The Morgan fingerprint density at radius 3 is 2.51 bits per heavy atom. The van der Waals surface area contributed by atoms with Crippen LogP contribution in [-0.2, 0) is 20.9 Å². The molecule has 0 saturated carbocycles. The second-order valence-electron chi connectivity index (χ2n) is 13.2. The van der Waals surface area contributed by atoms with Crippen LogP contribution < -0.4 is 0 Å². The highest BCUT2D eigenvalue weighted by atomic mass is 19.1. The molecule has 0 bridgehead atoms. The lowest BCUT2D eigenvalue weighted by atomic mass is 9.67. The van der Waals surface area contributed by atoms with Gasteiger partial charge in [-0.05, 0) is 73.8 Å². The molecule has 3 aliphatic heterocycles. The Labute approximate surface area is 254 Å². The number of benzene rings is 2. The molecule has 3 saturated heterocycles. The highest BCUT2D eigenvalue weighted by molar-refractivity contribution is 6.06. The van der Waals surface area contributed by atoms with Crippen LogP contribution in [0.3, 0.4) is 0 Å². The Morgan fingerprint density at radius 2 is 1.81 bits per heavy atom. The number of amides is 2. The van der Waals surface area contributed by atoms with Gasteiger partial charge in [0.1, 0.15) is 0 Å². The van der Waals surface area contributed by atoms with Gasteiger partial charge in [0.25, 0.3) is 0 Å². The standard InChI is InChI=1S/C36H43FN2O4/c1-22(2)27-19-28-34(29-21-43-32(33(27)29)12-9-23(3)17-25-10-11-31(40)30(37)18-25)36(42)39(35(28)41)26-13-15-38(16-14-26)20-24-7-5-4-6-8-24/h4-8,10-11,17-18,22,26,28-29,32,34,40H,9,12-16,19-21H2,1-3H3/b23-17+/t28-,29+,32-,34-/m1/s1. The summed E-state index contributed by atoms with van der Waals surface area (Å²) >= 11 is 0. The Hall–Kier alpha value is -3.29. The van der Waals surface area contributed by atoms with Crippen LogP contribution in [0.1, 0.15) is 64.0 Å². The number of allylic oxidation sites excluding steroid dienone is 2. The maximum Gasteiger partial charge on any atom is 0.234 e. The molecule has 228 valence electrons. The summed E-state index contributed by atoms with van der Waals surface area (Å²) in [6.07, 6.45) is 5.68. The highest BCUT2D eigenvalue weighted by Crippen LogP contribution is 2.52. The number of hydrogen-bond donors (Lipinski definition) is 1. The van der Waals surface area contributed by atoms with E-state index in [-0.39, 0.29) is 53.4 Å². The minimum atomic E-state index is -0.630. The maximum atomic E-state index is 14.0. The van der Waals surface area contributed by atoms with Gasteiger partial charge in [-0.1, -0.05) is 67.5 Å². The molecule has 1 aliphatic carbocycles. The SMILES string of the molecule is C/C(=C\c1ccc(O)c(F)c1)CC[C@H]1OC[C@H]2C1=C(C(C)C)C[C@H]1C(=O)N(C3CCN(Cc4ccccc4)CC3)C(=O)[C@H]12. The third-order valence-electron chi connectivity index (χ3n) is 10.0. The second-order valence-corrected chi connectivity index (χ2v) is 13.2. The normalized spacial score (nSPS) is 26.9. The highest BCUT2D eigenvalue weighted by Gasteiger charge is 2.58. The molecule has 0 aromatic heterocycles. The van der Waals surface area contributed by atoms with Crippen molar-refractivity contribution in [2.24, 2.45) is 23.7 Å². The van der Waals surface area contributed by atoms with E-state index in [9.17, 15) is 19.1 Å². The number of ether oxygens (including phenoxy) is 1. The van der Waals surface area contributed by atoms with Crippen LogP contribution in [0.5, 0.6) is 5.75 Å². The van der Waals surface area contributed by atoms with E-state index in [0.29, 0.717) is 18.6 Å². The number of phenols is 1. The van der Waals surface area contributed by atoms with Crippen molar-refractivity contribution in [3.05, 3.63) is 82.2 Å². The number of halogens is 1. The Balaban J connectivity index is 1.13. The van der Waals surface area contributed by atoms with Crippen LogP contribution >= 0.6 is 0 Å². The van der Waals surface area contributed by atoms with Gasteiger partial charge < -0.3 is 9.84 Å². The average Bonchev–Trinajstić information content (AvgIpc) is 3.52. The second kappa shape index (κ2) is 12.4. The van der Waals surface area contributed by atoms with E-state index in [1.807, 2.05) is 19.1 Å². The lowest BCUT2D eigenvalue weighted by Gasteiger charge is -2.36. The number of phenolic OH excluding ortho intramolecular Hbond substituents is 1. The molecule has 2 amide bonds. The lowest BCUT2D eigenvalue weighted by Crippen LogP contribution is -2.47. The molecule has 0 spiro atoms. The third-order valence-corrected chi connectivity index (χ3v) is 10.0. The van der Waals surface area contributed by atoms with Crippen molar-refractivity contribution in [2.75, 3.05) is 19.7 Å². The molecule has 1 N–H and O–H groups in total. The number of imide groups is 1. The van der Waals surface area contributed by atoms with Gasteiger partial charge in [-0.3, -0.25) is 19.4 Å². The van der Waals surface area contributed by atoms with Gasteiger partial charge in [0.05, 0.1) is 24.5 Å². The Morgan fingerprint density at radius 1 is 1.07 bits per heavy atom. The van der Waals surface area contributed by atoms with Crippen LogP contribution in [-0.4, -0.2) is 58.6 Å². The summed E-state index contributed by atoms with van der Waals surface area (Å²) in [7, 11) is 0. The van der Waals surface area contributed by atoms with Gasteiger partial charge in [0, 0.05) is 31.6 Å². The number of carbonyl (C=O) groups is 2. The van der Waals surface area contributed by atoms with E-state index >= 15 is 0 Å². The van der Waals surface area contributed by atoms with E-state index in [1.165, 1.54) is 28.8 Å². The largest absolute Gasteiger partial charge is 0.505 e. The Bertz CT molecular complexity index is 1430. The van der Waals surface area contributed by atoms with E-state index < -0.39 is 5.82 Å². The zero-order chi connectivity index (χ0) is 30.2. The molecule has 43 heavy (non-hydrogen) atoms. The molecule has 6 nitrogen and oxygen atoms in total. The fourth-order valence-electron chi connectivity index (χ4n) is 7.85. The number of likely N-dealkylation sites (tertiary alicyclic amines) is 2. The predicted molar refractivity (Wildman–Crippen MR) is 164 cm³/mol. The minimum Gasteiger partial charge on any atom is -0.505 e. The number of hydrogen-bond acceptors (Lipinski definition) is 5. The summed E-state index contributed by atoms with van der Waals surface area (Å²) in [4.78, 5) is 32.0. The number of rotatable bonds is 8. The van der Waals surface area contributed by atoms with Gasteiger partial charge in [0.2, 0.25) is 11.8 Å². The maximum absolute atomic E-state index is 14.0. The van der Waals surface area contributed by atoms with Crippen molar-refractivity contribution >= 4 is 17.9 Å². The van der Waals surface area contributed by atoms with Gasteiger partial charge in [-0.2, -0.15) is 0 Å². The van der Waals surface area contributed by atoms with Crippen LogP contribution in [0.15, 0.2) is 65.3 Å². The van der Waals surface area contributed by atoms with Gasteiger partial charge in [-0.25, -0.2) is 4.39 Å². The number of nitrogens with zero attached hydrogens (tertiary/aromatic N) is 2. The first-order valence-electron chi connectivity index (χ1n) is 15.8. The van der Waals surface area contributed by atoms with Crippen LogP contribution in [0.2, 0.25) is 0 Å². The average molecular weight is 587 g/mol. The summed E-state index contributed by atoms with van der Waals surface area (Å²) in [6.45, 7) is 9.52. The fourth-order valence-corrected chi connectivity index (χ4v) is 7.85. The van der Waals surface area contributed by atoms with Gasteiger partial charge in [-0.15, -0.1) is 0 Å². The summed E-state index contributed by atoms with van der Waals surface area (Å²) in [6, 6.07) is 14.8. The molecule has 6 rings (SSSR count). The number of fused-ring (bicyclic) bond motifs is 3. The quantitative estimate of drug-likeness (QED) is 0.288. The number of aromatic hydroxyl groups is 1. The number of piperidine rings is 1. The molecule has 2 aromatic rings. The third kappa shape index (κ3) is 5.94. The monoisotopic (exact) mass is 586 g/mol. The molecule has 4 atom stereocenters. The molecule has 0 unspecified atom stereocenters. The van der Waals surface area contributed by atoms with Crippen molar-refractivity contribution in [2.45, 2.75) is 71.6 Å². The molecule has 0 radical (unpaired) electrons. The van der Waals surface area contributed by atoms with Crippen LogP contribution in [0.25, 0.3) is 6.08 Å². The zero-order valence-corrected chi connectivity index (χ0v) is 25.5. The first kappa shape index (κ1) is 29.8. The fraction of sp³-hybridized carbons (Fsp3) is 0.500.